The molecule has 2 aliphatic carbocycles. The maximum Gasteiger partial charge on any atom is 0.352 e. The van der Waals surface area contributed by atoms with E-state index >= 15 is 0 Å². The number of phenols is 1. The number of Topliss-reactive ketones (excluding diaryl/α,β-unsaturated/α-hetero) is 2. The predicted molar refractivity (Wildman–Crippen MR) is 143 cm³/mol. The number of hydrogen-bond donors (Lipinski definition) is 1. The number of carbonyl (C=O) groups is 2. The zero-order chi connectivity index (χ0) is 28.0. The van der Waals surface area contributed by atoms with Crippen molar-refractivity contribution in [2.75, 3.05) is 0 Å². The van der Waals surface area contributed by atoms with Crippen molar-refractivity contribution in [2.24, 2.45) is 0 Å². The van der Waals surface area contributed by atoms with Crippen LogP contribution < -0.4 is 11.4 Å². The maximum absolute atomic E-state index is 14.6. The van der Waals surface area contributed by atoms with E-state index in [4.69, 9.17) is 46.4 Å². The van der Waals surface area contributed by atoms with Crippen molar-refractivity contribution in [1.82, 2.24) is 13.9 Å². The lowest BCUT2D eigenvalue weighted by Crippen LogP contribution is -2.67. The van der Waals surface area contributed by atoms with E-state index in [0.29, 0.717) is 5.69 Å². The van der Waals surface area contributed by atoms with E-state index in [1.807, 2.05) is 0 Å². The second-order valence-corrected chi connectivity index (χ2v) is 11.5. The topological polar surface area (TPSA) is 103 Å². The summed E-state index contributed by atoms with van der Waals surface area (Å²) in [7, 11) is 0. The molecule has 8 nitrogen and oxygen atoms in total. The van der Waals surface area contributed by atoms with E-state index in [0.717, 1.165) is 15.3 Å². The number of hydrogen-bond acceptors (Lipinski definition) is 5. The molecule has 2 aromatic carbocycles. The molecule has 2 heterocycles. The summed E-state index contributed by atoms with van der Waals surface area (Å²) < 4.78 is 17.9. The van der Waals surface area contributed by atoms with E-state index in [2.05, 4.69) is 0 Å². The normalized spacial score (nSPS) is 28.1. The van der Waals surface area contributed by atoms with Crippen LogP contribution in [0.2, 0.25) is 0 Å². The quantitative estimate of drug-likeness (QED) is 0.347. The first-order chi connectivity index (χ1) is 18.4. The third kappa shape index (κ3) is 3.24. The molecule has 0 saturated heterocycles. The summed E-state index contributed by atoms with van der Waals surface area (Å²) in [6.45, 7) is -0.124. The molecule has 6 rings (SSSR count). The molecule has 1 N–H and O–H groups in total. The van der Waals surface area contributed by atoms with Gasteiger partial charge in [0.15, 0.2) is 23.1 Å². The summed E-state index contributed by atoms with van der Waals surface area (Å²) in [6.07, 6.45) is 1.13. The number of para-hydroxylation sites is 2. The van der Waals surface area contributed by atoms with E-state index in [9.17, 15) is 28.7 Å². The fourth-order valence-electron chi connectivity index (χ4n) is 5.88. The zero-order valence-corrected chi connectivity index (χ0v) is 22.6. The number of allylic oxidation sites excluding steroid dienone is 4. The Morgan fingerprint density at radius 2 is 1.56 bits per heavy atom. The van der Waals surface area contributed by atoms with Gasteiger partial charge >= 0.3 is 11.4 Å². The standard InChI is InChI=1S/C26H16Cl4FN3O5/c27-18-19(28)22(37)26(30)17(14-7-4-8-15(31)20(14)35)13-9-10-32-23(38)33(12-5-2-1-3-6-12)24(39)34(32)16(13)11-25(26,29)21(18)36/h1-9,16-17,35H,10-11H2/t16-,17-,25-,26+/m1/s1. The van der Waals surface area contributed by atoms with Crippen molar-refractivity contribution in [2.45, 2.75) is 34.7 Å². The summed E-state index contributed by atoms with van der Waals surface area (Å²) >= 11 is 26.3. The van der Waals surface area contributed by atoms with Gasteiger partial charge in [0.1, 0.15) is 19.8 Å². The minimum Gasteiger partial charge on any atom is -0.505 e. The van der Waals surface area contributed by atoms with Gasteiger partial charge in [-0.25, -0.2) is 27.9 Å². The van der Waals surface area contributed by atoms with Gasteiger partial charge in [-0.2, -0.15) is 0 Å². The highest BCUT2D eigenvalue weighted by atomic mass is 35.5. The monoisotopic (exact) mass is 609 g/mol. The van der Waals surface area contributed by atoms with Crippen molar-refractivity contribution in [1.29, 1.82) is 0 Å². The Labute approximate surface area is 239 Å². The van der Waals surface area contributed by atoms with Gasteiger partial charge in [-0.15, -0.1) is 23.2 Å². The average Bonchev–Trinajstić information content (AvgIpc) is 3.19. The van der Waals surface area contributed by atoms with E-state index < -0.39 is 72.7 Å². The number of halogens is 5. The molecule has 1 aliphatic heterocycles. The van der Waals surface area contributed by atoms with Crippen molar-refractivity contribution >= 4 is 58.0 Å². The Hall–Kier alpha value is -3.11. The van der Waals surface area contributed by atoms with Gasteiger partial charge in [0.2, 0.25) is 0 Å². The van der Waals surface area contributed by atoms with Crippen LogP contribution in [0.4, 0.5) is 4.39 Å². The molecular weight excluding hydrogens is 595 g/mol. The average molecular weight is 611 g/mol. The predicted octanol–water partition coefficient (Wildman–Crippen LogP) is 4.11. The van der Waals surface area contributed by atoms with Crippen LogP contribution in [0.1, 0.15) is 23.9 Å². The lowest BCUT2D eigenvalue weighted by molar-refractivity contribution is -0.128. The molecule has 3 aromatic rings. The number of benzene rings is 2. The fraction of sp³-hybridized carbons (Fsp3) is 0.231. The molecule has 1 saturated carbocycles. The van der Waals surface area contributed by atoms with E-state index in [-0.39, 0.29) is 17.7 Å². The summed E-state index contributed by atoms with van der Waals surface area (Å²) in [5.74, 6) is -5.23. The Morgan fingerprint density at radius 1 is 0.897 bits per heavy atom. The van der Waals surface area contributed by atoms with Crippen LogP contribution in [0, 0.1) is 5.82 Å². The third-order valence-corrected chi connectivity index (χ3v) is 9.90. The molecule has 0 bridgehead atoms. The number of rotatable bonds is 2. The number of phenolic OH excluding ortho intramolecular Hbond substituents is 1. The molecule has 3 aliphatic rings. The Kier molecular flexibility index (Phi) is 5.83. The molecule has 0 spiro atoms. The van der Waals surface area contributed by atoms with Gasteiger partial charge in [0.05, 0.1) is 18.3 Å². The molecule has 0 unspecified atom stereocenters. The minimum atomic E-state index is -2.36. The molecule has 1 fully saturated rings. The highest BCUT2D eigenvalue weighted by Crippen LogP contribution is 2.64. The molecule has 39 heavy (non-hydrogen) atoms. The van der Waals surface area contributed by atoms with Crippen LogP contribution in [0.3, 0.4) is 0 Å². The minimum absolute atomic E-state index is 0.124. The second-order valence-electron chi connectivity index (χ2n) is 9.50. The van der Waals surface area contributed by atoms with Crippen molar-refractivity contribution < 1.29 is 19.1 Å². The maximum atomic E-state index is 14.6. The number of nitrogens with zero attached hydrogens (tertiary/aromatic N) is 3. The summed E-state index contributed by atoms with van der Waals surface area (Å²) in [5, 5.41) is 9.47. The van der Waals surface area contributed by atoms with Gasteiger partial charge in [-0.1, -0.05) is 59.6 Å². The van der Waals surface area contributed by atoms with E-state index in [1.54, 1.807) is 36.4 Å². The van der Waals surface area contributed by atoms with Crippen LogP contribution in [-0.2, 0) is 16.1 Å². The Bertz CT molecular complexity index is 1790. The Balaban J connectivity index is 1.67. The van der Waals surface area contributed by atoms with Crippen LogP contribution >= 0.6 is 46.4 Å². The molecular formula is C26H16Cl4FN3O5. The van der Waals surface area contributed by atoms with E-state index in [1.165, 1.54) is 16.8 Å². The van der Waals surface area contributed by atoms with Crippen molar-refractivity contribution in [3.8, 4) is 11.4 Å². The highest BCUT2D eigenvalue weighted by Gasteiger charge is 2.71. The molecule has 13 heteroatoms. The smallest absolute Gasteiger partial charge is 0.352 e. The Morgan fingerprint density at radius 3 is 2.26 bits per heavy atom. The number of aromatic hydroxyl groups is 1. The number of ketones is 2. The third-order valence-electron chi connectivity index (χ3n) is 7.65. The first-order valence-electron chi connectivity index (χ1n) is 11.6. The van der Waals surface area contributed by atoms with Crippen molar-refractivity contribution in [3.63, 3.8) is 0 Å². The van der Waals surface area contributed by atoms with Crippen LogP contribution in [0.15, 0.2) is 79.8 Å². The summed E-state index contributed by atoms with van der Waals surface area (Å²) in [4.78, 5) is 49.7. The molecule has 0 radical (unpaired) electrons. The number of aromatic nitrogens is 3. The largest absolute Gasteiger partial charge is 0.505 e. The fourth-order valence-corrected chi connectivity index (χ4v) is 7.39. The van der Waals surface area contributed by atoms with Gasteiger partial charge < -0.3 is 5.11 Å². The van der Waals surface area contributed by atoms with Gasteiger partial charge in [-0.3, -0.25) is 9.59 Å². The molecule has 4 atom stereocenters. The van der Waals surface area contributed by atoms with Gasteiger partial charge in [0, 0.05) is 17.9 Å². The van der Waals surface area contributed by atoms with Crippen molar-refractivity contribution in [3.05, 3.63) is 103 Å². The van der Waals surface area contributed by atoms with Crippen LogP contribution in [-0.4, -0.2) is 40.4 Å². The molecule has 0 amide bonds. The van der Waals surface area contributed by atoms with Crippen LogP contribution in [0.25, 0.3) is 5.69 Å². The molecule has 200 valence electrons. The highest BCUT2D eigenvalue weighted by molar-refractivity contribution is 6.66. The summed E-state index contributed by atoms with van der Waals surface area (Å²) in [5.41, 5.74) is -0.947. The zero-order valence-electron chi connectivity index (χ0n) is 19.6. The SMILES string of the molecule is O=C1C(Cl)=C(Cl)C(=O)[C@@]2(Cl)[C@@H](c3cccc(F)c3O)C3=CCn4c(=O)n(-c5ccccc5)c(=O)n4[C@@H]3C[C@@]12Cl. The molecule has 1 aromatic heterocycles. The van der Waals surface area contributed by atoms with Crippen LogP contribution in [0.5, 0.6) is 5.75 Å². The summed E-state index contributed by atoms with van der Waals surface area (Å²) in [6, 6.07) is 10.7. The number of fused-ring (bicyclic) bond motifs is 4. The lowest BCUT2D eigenvalue weighted by Gasteiger charge is -2.54. The first-order valence-corrected chi connectivity index (χ1v) is 13.2. The lowest BCUT2D eigenvalue weighted by atomic mass is 9.59. The number of alkyl halides is 2. The second kappa shape index (κ2) is 8.69. The van der Waals surface area contributed by atoms with Gasteiger partial charge in [0.25, 0.3) is 0 Å². The van der Waals surface area contributed by atoms with Gasteiger partial charge in [-0.05, 0) is 23.8 Å². The number of carbonyl (C=O) groups excluding carboxylic acids is 2. The first kappa shape index (κ1) is 26.1.